The maximum Gasteiger partial charge on any atom is 0.251 e. The lowest BCUT2D eigenvalue weighted by Crippen LogP contribution is -2.05. The molecule has 2 rings (SSSR count). The zero-order valence-electron chi connectivity index (χ0n) is 8.12. The number of nitrogens with zero attached hydrogens (tertiary/aromatic N) is 1. The van der Waals surface area contributed by atoms with Gasteiger partial charge in [-0.1, -0.05) is 0 Å². The number of nitrogens with one attached hydrogen (secondary N) is 1. The van der Waals surface area contributed by atoms with Gasteiger partial charge in [0, 0.05) is 17.8 Å². The Hall–Kier alpha value is -1.97. The number of halogens is 1. The lowest BCUT2D eigenvalue weighted by Gasteiger charge is -2.01. The van der Waals surface area contributed by atoms with Gasteiger partial charge in [-0.3, -0.25) is 4.79 Å². The fourth-order valence-corrected chi connectivity index (χ4v) is 1.39. The van der Waals surface area contributed by atoms with Crippen LogP contribution in [0.1, 0.15) is 5.56 Å². The van der Waals surface area contributed by atoms with Crippen molar-refractivity contribution in [3.63, 3.8) is 0 Å². The molecule has 0 bridgehead atoms. The number of rotatable bonds is 1. The van der Waals surface area contributed by atoms with E-state index < -0.39 is 0 Å². The maximum atomic E-state index is 13.1. The van der Waals surface area contributed by atoms with Crippen molar-refractivity contribution in [3.8, 4) is 11.4 Å². The largest absolute Gasteiger partial charge is 0.307 e. The van der Waals surface area contributed by atoms with Gasteiger partial charge in [-0.05, 0) is 30.7 Å². The van der Waals surface area contributed by atoms with Crippen molar-refractivity contribution in [3.05, 3.63) is 52.2 Å². The van der Waals surface area contributed by atoms with Crippen LogP contribution in [0.5, 0.6) is 0 Å². The smallest absolute Gasteiger partial charge is 0.251 e. The summed E-state index contributed by atoms with van der Waals surface area (Å²) < 4.78 is 13.1. The van der Waals surface area contributed by atoms with E-state index in [-0.39, 0.29) is 11.4 Å². The molecule has 0 fully saturated rings. The van der Waals surface area contributed by atoms with Gasteiger partial charge in [0.15, 0.2) is 0 Å². The Labute approximate surface area is 85.6 Å². The summed E-state index contributed by atoms with van der Waals surface area (Å²) in [6.45, 7) is 1.79. The molecule has 0 saturated heterocycles. The maximum absolute atomic E-state index is 13.1. The Morgan fingerprint density at radius 2 is 2.13 bits per heavy atom. The minimum atomic E-state index is -0.337. The Balaban J connectivity index is 2.58. The third kappa shape index (κ3) is 2.10. The minimum absolute atomic E-state index is 0.248. The Morgan fingerprint density at radius 3 is 2.80 bits per heavy atom. The SMILES string of the molecule is Cc1cc(F)cc(-c2nccc(=O)[nH]2)c1. The Morgan fingerprint density at radius 1 is 1.33 bits per heavy atom. The fourth-order valence-electron chi connectivity index (χ4n) is 1.39. The minimum Gasteiger partial charge on any atom is -0.307 e. The fraction of sp³-hybridized carbons (Fsp3) is 0.0909. The van der Waals surface area contributed by atoms with Gasteiger partial charge in [0.2, 0.25) is 0 Å². The van der Waals surface area contributed by atoms with Crippen molar-refractivity contribution in [2.24, 2.45) is 0 Å². The summed E-state index contributed by atoms with van der Waals surface area (Å²) >= 11 is 0. The van der Waals surface area contributed by atoms with Crippen molar-refractivity contribution in [1.29, 1.82) is 0 Å². The number of hydrogen-bond acceptors (Lipinski definition) is 2. The molecular formula is C11H9FN2O. The van der Waals surface area contributed by atoms with Crippen LogP contribution >= 0.6 is 0 Å². The average molecular weight is 204 g/mol. The summed E-state index contributed by atoms with van der Waals surface area (Å²) in [7, 11) is 0. The highest BCUT2D eigenvalue weighted by Crippen LogP contribution is 2.16. The normalized spacial score (nSPS) is 10.3. The van der Waals surface area contributed by atoms with Crippen LogP contribution in [0, 0.1) is 12.7 Å². The molecule has 0 aliphatic heterocycles. The van der Waals surface area contributed by atoms with Crippen LogP contribution in [-0.4, -0.2) is 9.97 Å². The summed E-state index contributed by atoms with van der Waals surface area (Å²) in [5.41, 5.74) is 1.11. The van der Waals surface area contributed by atoms with Crippen molar-refractivity contribution < 1.29 is 4.39 Å². The van der Waals surface area contributed by atoms with Gasteiger partial charge in [-0.2, -0.15) is 0 Å². The van der Waals surface area contributed by atoms with Gasteiger partial charge in [0.05, 0.1) is 0 Å². The molecule has 4 heteroatoms. The quantitative estimate of drug-likeness (QED) is 0.770. The molecule has 0 atom stereocenters. The molecule has 1 aromatic heterocycles. The van der Waals surface area contributed by atoms with E-state index in [0.717, 1.165) is 5.56 Å². The first kappa shape index (κ1) is 9.58. The summed E-state index contributed by atoms with van der Waals surface area (Å²) in [5, 5.41) is 0. The van der Waals surface area contributed by atoms with Gasteiger partial charge in [0.25, 0.3) is 5.56 Å². The van der Waals surface area contributed by atoms with E-state index in [2.05, 4.69) is 9.97 Å². The predicted molar refractivity (Wildman–Crippen MR) is 55.0 cm³/mol. The average Bonchev–Trinajstić information content (AvgIpc) is 2.16. The van der Waals surface area contributed by atoms with Gasteiger partial charge >= 0.3 is 0 Å². The summed E-state index contributed by atoms with van der Waals surface area (Å²) in [6, 6.07) is 5.84. The number of aromatic amines is 1. The summed E-state index contributed by atoms with van der Waals surface area (Å²) in [4.78, 5) is 17.6. The zero-order valence-corrected chi connectivity index (χ0v) is 8.12. The molecule has 2 aromatic rings. The Bertz CT molecular complexity index is 528. The lowest BCUT2D eigenvalue weighted by molar-refractivity contribution is 0.627. The van der Waals surface area contributed by atoms with Crippen molar-refractivity contribution in [1.82, 2.24) is 9.97 Å². The van der Waals surface area contributed by atoms with E-state index in [1.165, 1.54) is 24.4 Å². The third-order valence-electron chi connectivity index (χ3n) is 1.99. The van der Waals surface area contributed by atoms with Crippen LogP contribution in [0.25, 0.3) is 11.4 Å². The van der Waals surface area contributed by atoms with Crippen LogP contribution < -0.4 is 5.56 Å². The Kier molecular flexibility index (Phi) is 2.33. The van der Waals surface area contributed by atoms with Gasteiger partial charge in [-0.15, -0.1) is 0 Å². The first-order valence-electron chi connectivity index (χ1n) is 4.48. The first-order chi connectivity index (χ1) is 7.15. The topological polar surface area (TPSA) is 45.8 Å². The third-order valence-corrected chi connectivity index (χ3v) is 1.99. The number of aromatic nitrogens is 2. The summed E-state index contributed by atoms with van der Waals surface area (Å²) in [5.74, 6) is 0.0432. The number of H-pyrrole nitrogens is 1. The van der Waals surface area contributed by atoms with E-state index in [9.17, 15) is 9.18 Å². The predicted octanol–water partition coefficient (Wildman–Crippen LogP) is 1.88. The van der Waals surface area contributed by atoms with Crippen molar-refractivity contribution in [2.45, 2.75) is 6.92 Å². The van der Waals surface area contributed by atoms with Gasteiger partial charge < -0.3 is 4.98 Å². The van der Waals surface area contributed by atoms with E-state index in [0.29, 0.717) is 11.4 Å². The highest BCUT2D eigenvalue weighted by Gasteiger charge is 2.02. The van der Waals surface area contributed by atoms with Crippen LogP contribution in [0.15, 0.2) is 35.3 Å². The molecule has 76 valence electrons. The molecule has 0 saturated carbocycles. The molecule has 0 radical (unpaired) electrons. The van der Waals surface area contributed by atoms with E-state index in [1.54, 1.807) is 13.0 Å². The second-order valence-corrected chi connectivity index (χ2v) is 3.30. The molecule has 1 aromatic carbocycles. The van der Waals surface area contributed by atoms with E-state index in [4.69, 9.17) is 0 Å². The van der Waals surface area contributed by atoms with Crippen molar-refractivity contribution in [2.75, 3.05) is 0 Å². The number of benzene rings is 1. The van der Waals surface area contributed by atoms with Gasteiger partial charge in [0.1, 0.15) is 11.6 Å². The van der Waals surface area contributed by atoms with Crippen LogP contribution in [0.2, 0.25) is 0 Å². The molecule has 3 nitrogen and oxygen atoms in total. The van der Waals surface area contributed by atoms with Crippen molar-refractivity contribution >= 4 is 0 Å². The second-order valence-electron chi connectivity index (χ2n) is 3.30. The van der Waals surface area contributed by atoms with Crippen LogP contribution in [0.3, 0.4) is 0 Å². The highest BCUT2D eigenvalue weighted by molar-refractivity contribution is 5.55. The molecule has 1 N–H and O–H groups in total. The van der Waals surface area contributed by atoms with Crippen LogP contribution in [-0.2, 0) is 0 Å². The molecule has 15 heavy (non-hydrogen) atoms. The summed E-state index contributed by atoms with van der Waals surface area (Å²) in [6.07, 6.45) is 1.40. The van der Waals surface area contributed by atoms with Crippen LogP contribution in [0.4, 0.5) is 4.39 Å². The molecule has 0 aliphatic rings. The zero-order chi connectivity index (χ0) is 10.8. The standard InChI is InChI=1S/C11H9FN2O/c1-7-4-8(6-9(12)5-7)11-13-3-2-10(15)14-11/h2-6H,1H3,(H,13,14,15). The molecule has 1 heterocycles. The van der Waals surface area contributed by atoms with E-state index >= 15 is 0 Å². The first-order valence-corrected chi connectivity index (χ1v) is 4.48. The molecule has 0 aliphatic carbocycles. The van der Waals surface area contributed by atoms with E-state index in [1.807, 2.05) is 0 Å². The molecular weight excluding hydrogens is 195 g/mol. The molecule has 0 unspecified atom stereocenters. The highest BCUT2D eigenvalue weighted by atomic mass is 19.1. The molecule has 0 spiro atoms. The van der Waals surface area contributed by atoms with Gasteiger partial charge in [-0.25, -0.2) is 9.37 Å². The lowest BCUT2D eigenvalue weighted by atomic mass is 10.1. The molecule has 0 amide bonds. The second kappa shape index (κ2) is 3.65. The number of hydrogen-bond donors (Lipinski definition) is 1. The monoisotopic (exact) mass is 204 g/mol. The number of aryl methyl sites for hydroxylation is 1.